The van der Waals surface area contributed by atoms with Crippen molar-refractivity contribution in [1.29, 1.82) is 0 Å². The van der Waals surface area contributed by atoms with Crippen molar-refractivity contribution in [2.75, 3.05) is 0 Å². The van der Waals surface area contributed by atoms with Crippen molar-refractivity contribution in [3.8, 4) is 5.82 Å². The summed E-state index contributed by atoms with van der Waals surface area (Å²) in [6.07, 6.45) is 2.67. The minimum atomic E-state index is -3.82. The highest BCUT2D eigenvalue weighted by atomic mass is 35.7. The lowest BCUT2D eigenvalue weighted by atomic mass is 10.2. The molecular weight excluding hydrogens is 298 g/mol. The quantitative estimate of drug-likeness (QED) is 0.814. The van der Waals surface area contributed by atoms with E-state index in [1.807, 2.05) is 32.9 Å². The Bertz CT molecular complexity index is 738. The molecule has 0 spiro atoms. The molecule has 20 heavy (non-hydrogen) atoms. The second kappa shape index (κ2) is 5.54. The summed E-state index contributed by atoms with van der Waals surface area (Å²) in [5.74, 6) is 0.600. The van der Waals surface area contributed by atoms with Crippen LogP contribution >= 0.6 is 10.7 Å². The fourth-order valence-electron chi connectivity index (χ4n) is 2.14. The summed E-state index contributed by atoms with van der Waals surface area (Å²) in [6.45, 7) is 5.66. The summed E-state index contributed by atoms with van der Waals surface area (Å²) < 4.78 is 25.2. The molecule has 0 aliphatic carbocycles. The Balaban J connectivity index is 2.76. The predicted molar refractivity (Wildman–Crippen MR) is 77.9 cm³/mol. The molecule has 2 heterocycles. The van der Waals surface area contributed by atoms with Crippen LogP contribution in [0.1, 0.15) is 30.8 Å². The maximum atomic E-state index is 11.8. The van der Waals surface area contributed by atoms with Gasteiger partial charge in [0.05, 0.1) is 11.4 Å². The average molecular weight is 314 g/mol. The van der Waals surface area contributed by atoms with Gasteiger partial charge in [0.15, 0.2) is 5.82 Å². The van der Waals surface area contributed by atoms with Gasteiger partial charge >= 0.3 is 0 Å². The average Bonchev–Trinajstić information content (AvgIpc) is 2.77. The van der Waals surface area contributed by atoms with E-state index in [4.69, 9.17) is 10.7 Å². The van der Waals surface area contributed by atoms with Crippen LogP contribution in [0.25, 0.3) is 5.82 Å². The van der Waals surface area contributed by atoms with Crippen LogP contribution in [-0.2, 0) is 21.9 Å². The minimum Gasteiger partial charge on any atom is -0.237 e. The molecule has 0 fully saturated rings. The Morgan fingerprint density at radius 2 is 2.00 bits per heavy atom. The molecule has 2 aromatic rings. The Labute approximate surface area is 123 Å². The second-order valence-electron chi connectivity index (χ2n) is 4.47. The number of hydrogen-bond donors (Lipinski definition) is 0. The molecule has 0 aliphatic rings. The van der Waals surface area contributed by atoms with E-state index in [1.165, 1.54) is 0 Å². The van der Waals surface area contributed by atoms with Gasteiger partial charge in [0.1, 0.15) is 4.90 Å². The number of halogens is 1. The third kappa shape index (κ3) is 2.71. The molecular formula is C13H16ClN3O2S. The van der Waals surface area contributed by atoms with Crippen molar-refractivity contribution in [3.63, 3.8) is 0 Å². The predicted octanol–water partition coefficient (Wildman–Crippen LogP) is 2.63. The standard InChI is InChI=1S/C13H16ClN3O2S/c1-4-10-13(20(14,18)19)11(5-2)17(16-10)12-8-9(3)6-7-15-12/h6-8H,4-5H2,1-3H3. The lowest BCUT2D eigenvalue weighted by Gasteiger charge is -2.06. The molecule has 7 heteroatoms. The molecule has 108 valence electrons. The summed E-state index contributed by atoms with van der Waals surface area (Å²) in [4.78, 5) is 4.37. The van der Waals surface area contributed by atoms with E-state index in [1.54, 1.807) is 10.9 Å². The minimum absolute atomic E-state index is 0.118. The zero-order chi connectivity index (χ0) is 14.9. The van der Waals surface area contributed by atoms with E-state index >= 15 is 0 Å². The van der Waals surface area contributed by atoms with Crippen molar-refractivity contribution in [2.45, 2.75) is 38.5 Å². The first-order valence-electron chi connectivity index (χ1n) is 6.37. The molecule has 0 unspecified atom stereocenters. The smallest absolute Gasteiger partial charge is 0.237 e. The van der Waals surface area contributed by atoms with Crippen LogP contribution in [0.3, 0.4) is 0 Å². The summed E-state index contributed by atoms with van der Waals surface area (Å²) >= 11 is 0. The largest absolute Gasteiger partial charge is 0.265 e. The Morgan fingerprint density at radius 1 is 1.30 bits per heavy atom. The molecule has 0 saturated carbocycles. The Morgan fingerprint density at radius 3 is 2.50 bits per heavy atom. The number of pyridine rings is 1. The number of nitrogens with zero attached hydrogens (tertiary/aromatic N) is 3. The molecule has 2 rings (SSSR count). The highest BCUT2D eigenvalue weighted by Crippen LogP contribution is 2.27. The summed E-state index contributed by atoms with van der Waals surface area (Å²) in [5, 5.41) is 4.37. The third-order valence-corrected chi connectivity index (χ3v) is 4.45. The lowest BCUT2D eigenvalue weighted by molar-refractivity contribution is 0.607. The molecule has 2 aromatic heterocycles. The third-order valence-electron chi connectivity index (χ3n) is 3.03. The molecule has 0 atom stereocenters. The number of aryl methyl sites for hydroxylation is 2. The molecule has 5 nitrogen and oxygen atoms in total. The van der Waals surface area contributed by atoms with Crippen LogP contribution in [0.4, 0.5) is 0 Å². The second-order valence-corrected chi connectivity index (χ2v) is 6.97. The SMILES string of the molecule is CCc1nn(-c2cc(C)ccn2)c(CC)c1S(=O)(=O)Cl. The zero-order valence-corrected chi connectivity index (χ0v) is 13.2. The highest BCUT2D eigenvalue weighted by molar-refractivity contribution is 8.13. The molecule has 0 bridgehead atoms. The number of aromatic nitrogens is 3. The van der Waals surface area contributed by atoms with Crippen LogP contribution in [0, 0.1) is 6.92 Å². The van der Waals surface area contributed by atoms with Gasteiger partial charge in [-0.25, -0.2) is 18.1 Å². The fourth-order valence-corrected chi connectivity index (χ4v) is 3.65. The van der Waals surface area contributed by atoms with Gasteiger partial charge in [-0.3, -0.25) is 0 Å². The van der Waals surface area contributed by atoms with Gasteiger partial charge in [-0.1, -0.05) is 13.8 Å². The van der Waals surface area contributed by atoms with Gasteiger partial charge in [-0.15, -0.1) is 0 Å². The topological polar surface area (TPSA) is 64.8 Å². The van der Waals surface area contributed by atoms with Gasteiger partial charge in [-0.2, -0.15) is 5.10 Å². The van der Waals surface area contributed by atoms with Gasteiger partial charge in [0.2, 0.25) is 0 Å². The first-order chi connectivity index (χ1) is 9.38. The van der Waals surface area contributed by atoms with Gasteiger partial charge in [-0.05, 0) is 37.5 Å². The van der Waals surface area contributed by atoms with Crippen LogP contribution in [0.5, 0.6) is 0 Å². The molecule has 0 aliphatic heterocycles. The lowest BCUT2D eigenvalue weighted by Crippen LogP contribution is -2.05. The van der Waals surface area contributed by atoms with Crippen molar-refractivity contribution in [3.05, 3.63) is 35.3 Å². The van der Waals surface area contributed by atoms with E-state index in [0.29, 0.717) is 30.0 Å². The van der Waals surface area contributed by atoms with E-state index in [0.717, 1.165) is 5.56 Å². The fraction of sp³-hybridized carbons (Fsp3) is 0.385. The van der Waals surface area contributed by atoms with E-state index in [9.17, 15) is 8.42 Å². The monoisotopic (exact) mass is 313 g/mol. The molecule has 0 saturated heterocycles. The Kier molecular flexibility index (Phi) is 4.15. The van der Waals surface area contributed by atoms with Crippen molar-refractivity contribution < 1.29 is 8.42 Å². The maximum Gasteiger partial charge on any atom is 0.265 e. The number of hydrogen-bond acceptors (Lipinski definition) is 4. The first kappa shape index (κ1) is 15.0. The molecule has 0 N–H and O–H groups in total. The van der Waals surface area contributed by atoms with Gasteiger partial charge in [0, 0.05) is 16.9 Å². The van der Waals surface area contributed by atoms with Crippen molar-refractivity contribution >= 4 is 19.7 Å². The first-order valence-corrected chi connectivity index (χ1v) is 8.67. The number of rotatable bonds is 4. The van der Waals surface area contributed by atoms with Crippen molar-refractivity contribution in [1.82, 2.24) is 14.8 Å². The van der Waals surface area contributed by atoms with Gasteiger partial charge in [0.25, 0.3) is 9.05 Å². The maximum absolute atomic E-state index is 11.8. The Hall–Kier alpha value is -1.40. The summed E-state index contributed by atoms with van der Waals surface area (Å²) in [7, 11) is 1.73. The summed E-state index contributed by atoms with van der Waals surface area (Å²) in [5.41, 5.74) is 2.07. The summed E-state index contributed by atoms with van der Waals surface area (Å²) in [6, 6.07) is 3.73. The normalized spacial score (nSPS) is 11.8. The van der Waals surface area contributed by atoms with E-state index < -0.39 is 9.05 Å². The van der Waals surface area contributed by atoms with Gasteiger partial charge < -0.3 is 0 Å². The van der Waals surface area contributed by atoms with Crippen molar-refractivity contribution in [2.24, 2.45) is 0 Å². The molecule has 0 radical (unpaired) electrons. The van der Waals surface area contributed by atoms with E-state index in [-0.39, 0.29) is 4.90 Å². The van der Waals surface area contributed by atoms with E-state index in [2.05, 4.69) is 10.1 Å². The zero-order valence-electron chi connectivity index (χ0n) is 11.6. The molecule has 0 aromatic carbocycles. The van der Waals surface area contributed by atoms with Crippen LogP contribution < -0.4 is 0 Å². The molecule has 0 amide bonds. The van der Waals surface area contributed by atoms with Crippen LogP contribution in [0.2, 0.25) is 0 Å². The van der Waals surface area contributed by atoms with Crippen LogP contribution in [0.15, 0.2) is 23.2 Å². The van der Waals surface area contributed by atoms with Crippen LogP contribution in [-0.4, -0.2) is 23.2 Å². The highest BCUT2D eigenvalue weighted by Gasteiger charge is 2.26.